The van der Waals surface area contributed by atoms with Gasteiger partial charge in [0, 0.05) is 24.5 Å². The Morgan fingerprint density at radius 2 is 1.77 bits per heavy atom. The Labute approximate surface area is 181 Å². The Bertz CT molecular complexity index is 1180. The molecule has 1 aromatic heterocycles. The van der Waals surface area contributed by atoms with Crippen LogP contribution in [-0.4, -0.2) is 46.3 Å². The van der Waals surface area contributed by atoms with Gasteiger partial charge < -0.3 is 20.1 Å². The Morgan fingerprint density at radius 1 is 1.06 bits per heavy atom. The van der Waals surface area contributed by atoms with Crippen molar-refractivity contribution in [2.75, 3.05) is 13.6 Å². The number of nitrogens with zero attached hydrogens (tertiary/aromatic N) is 2. The summed E-state index contributed by atoms with van der Waals surface area (Å²) in [6.45, 7) is 4.27. The molecule has 7 nitrogen and oxygen atoms in total. The number of para-hydroxylation sites is 1. The van der Waals surface area contributed by atoms with Gasteiger partial charge in [0.1, 0.15) is 11.2 Å². The summed E-state index contributed by atoms with van der Waals surface area (Å²) in [5.74, 6) is -0.862. The van der Waals surface area contributed by atoms with E-state index in [0.29, 0.717) is 18.8 Å². The molecule has 0 fully saturated rings. The Morgan fingerprint density at radius 3 is 2.55 bits per heavy atom. The zero-order valence-electron chi connectivity index (χ0n) is 17.9. The number of amides is 3. The second-order valence-electron chi connectivity index (χ2n) is 8.20. The fourth-order valence-electron chi connectivity index (χ4n) is 4.01. The van der Waals surface area contributed by atoms with Crippen LogP contribution in [-0.2, 0) is 22.7 Å². The molecule has 3 aromatic rings. The summed E-state index contributed by atoms with van der Waals surface area (Å²) in [6.07, 6.45) is 0. The third-order valence-corrected chi connectivity index (χ3v) is 6.18. The lowest BCUT2D eigenvalue weighted by atomic mass is 9.95. The molecule has 7 heteroatoms. The summed E-state index contributed by atoms with van der Waals surface area (Å²) in [4.78, 5) is 39.8. The number of hydrogen-bond acceptors (Lipinski definition) is 3. The highest BCUT2D eigenvalue weighted by atomic mass is 16.2. The van der Waals surface area contributed by atoms with E-state index in [2.05, 4.69) is 10.6 Å². The largest absolute Gasteiger partial charge is 0.350 e. The minimum absolute atomic E-state index is 0.151. The molecule has 3 amide bonds. The molecule has 160 valence electrons. The number of benzene rings is 2. The number of carbonyl (C=O) groups excluding carboxylic acids is 3. The van der Waals surface area contributed by atoms with Crippen molar-refractivity contribution in [2.24, 2.45) is 0 Å². The summed E-state index contributed by atoms with van der Waals surface area (Å²) in [6, 6.07) is 17.4. The standard InChI is InChI=1S/C24H26N4O3/c1-16-8-4-5-10-18(16)13-25-21(29)14-26-23(31)24(2)15-28-19-11-7-6-9-17(19)12-20(28)22(30)27(24)3/h4-12H,13-15H2,1-3H3,(H,25,29)(H,26,31). The number of nitrogens with one attached hydrogen (secondary N) is 2. The fraction of sp³-hybridized carbons (Fsp3) is 0.292. The summed E-state index contributed by atoms with van der Waals surface area (Å²) in [5.41, 5.74) is 2.48. The normalized spacial score (nSPS) is 18.0. The molecule has 0 aliphatic carbocycles. The van der Waals surface area contributed by atoms with Gasteiger partial charge in [-0.25, -0.2) is 0 Å². The molecule has 2 heterocycles. The molecule has 1 aliphatic rings. The predicted molar refractivity (Wildman–Crippen MR) is 118 cm³/mol. The van der Waals surface area contributed by atoms with Crippen LogP contribution < -0.4 is 10.6 Å². The molecule has 0 bridgehead atoms. The lowest BCUT2D eigenvalue weighted by Crippen LogP contribution is -2.63. The van der Waals surface area contributed by atoms with Crippen molar-refractivity contribution in [3.05, 3.63) is 71.4 Å². The molecule has 4 rings (SSSR count). The van der Waals surface area contributed by atoms with Gasteiger partial charge in [0.15, 0.2) is 0 Å². The quantitative estimate of drug-likeness (QED) is 0.667. The fourth-order valence-corrected chi connectivity index (χ4v) is 4.01. The summed E-state index contributed by atoms with van der Waals surface area (Å²) in [7, 11) is 1.63. The van der Waals surface area contributed by atoms with Crippen LogP contribution in [0.5, 0.6) is 0 Å². The Hall–Kier alpha value is -3.61. The predicted octanol–water partition coefficient (Wildman–Crippen LogP) is 2.23. The van der Waals surface area contributed by atoms with Crippen LogP contribution in [0.3, 0.4) is 0 Å². The molecule has 1 unspecified atom stereocenters. The van der Waals surface area contributed by atoms with Gasteiger partial charge in [0.2, 0.25) is 11.8 Å². The molecule has 31 heavy (non-hydrogen) atoms. The van der Waals surface area contributed by atoms with Gasteiger partial charge in [-0.2, -0.15) is 0 Å². The van der Waals surface area contributed by atoms with Crippen LogP contribution in [0.2, 0.25) is 0 Å². The highest BCUT2D eigenvalue weighted by Gasteiger charge is 2.45. The van der Waals surface area contributed by atoms with Crippen LogP contribution in [0.4, 0.5) is 0 Å². The number of hydrogen-bond donors (Lipinski definition) is 2. The van der Waals surface area contributed by atoms with Crippen LogP contribution in [0.15, 0.2) is 54.6 Å². The highest BCUT2D eigenvalue weighted by Crippen LogP contribution is 2.31. The smallest absolute Gasteiger partial charge is 0.271 e. The van der Waals surface area contributed by atoms with Gasteiger partial charge in [-0.15, -0.1) is 0 Å². The molecule has 1 atom stereocenters. The lowest BCUT2D eigenvalue weighted by Gasteiger charge is -2.41. The van der Waals surface area contributed by atoms with Crippen molar-refractivity contribution in [1.82, 2.24) is 20.1 Å². The van der Waals surface area contributed by atoms with Crippen LogP contribution in [0.25, 0.3) is 10.9 Å². The van der Waals surface area contributed by atoms with Crippen LogP contribution in [0, 0.1) is 6.92 Å². The number of likely N-dealkylation sites (N-methyl/N-ethyl adjacent to an activating group) is 1. The van der Waals surface area contributed by atoms with Crippen molar-refractivity contribution < 1.29 is 14.4 Å². The van der Waals surface area contributed by atoms with Crippen LogP contribution >= 0.6 is 0 Å². The first-order valence-corrected chi connectivity index (χ1v) is 10.3. The second-order valence-corrected chi connectivity index (χ2v) is 8.20. The van der Waals surface area contributed by atoms with E-state index in [-0.39, 0.29) is 24.3 Å². The van der Waals surface area contributed by atoms with E-state index in [4.69, 9.17) is 0 Å². The van der Waals surface area contributed by atoms with Crippen LogP contribution in [0.1, 0.15) is 28.5 Å². The Kier molecular flexibility index (Phi) is 5.27. The summed E-state index contributed by atoms with van der Waals surface area (Å²) < 4.78 is 1.88. The first-order chi connectivity index (χ1) is 14.8. The van der Waals surface area contributed by atoms with E-state index in [0.717, 1.165) is 22.0 Å². The van der Waals surface area contributed by atoms with Crippen molar-refractivity contribution in [2.45, 2.75) is 32.5 Å². The Balaban J connectivity index is 1.44. The zero-order valence-corrected chi connectivity index (χ0v) is 17.9. The molecule has 0 saturated heterocycles. The van der Waals surface area contributed by atoms with Gasteiger partial charge in [-0.3, -0.25) is 14.4 Å². The summed E-state index contributed by atoms with van der Waals surface area (Å²) >= 11 is 0. The van der Waals surface area contributed by atoms with E-state index in [1.54, 1.807) is 14.0 Å². The van der Waals surface area contributed by atoms with E-state index in [1.165, 1.54) is 4.90 Å². The minimum atomic E-state index is -1.11. The van der Waals surface area contributed by atoms with Gasteiger partial charge in [-0.05, 0) is 37.1 Å². The average molecular weight is 418 g/mol. The number of aryl methyl sites for hydroxylation is 1. The maximum Gasteiger partial charge on any atom is 0.271 e. The zero-order chi connectivity index (χ0) is 22.2. The molecular formula is C24H26N4O3. The maximum absolute atomic E-state index is 13.1. The first kappa shape index (κ1) is 20.7. The van der Waals surface area contributed by atoms with Crippen molar-refractivity contribution >= 4 is 28.6 Å². The molecule has 0 spiro atoms. The summed E-state index contributed by atoms with van der Waals surface area (Å²) in [5, 5.41) is 6.49. The van der Waals surface area contributed by atoms with E-state index < -0.39 is 5.54 Å². The van der Waals surface area contributed by atoms with Crippen molar-refractivity contribution in [1.29, 1.82) is 0 Å². The lowest BCUT2D eigenvalue weighted by molar-refractivity contribution is -0.134. The van der Waals surface area contributed by atoms with Crippen molar-refractivity contribution in [3.8, 4) is 0 Å². The monoisotopic (exact) mass is 418 g/mol. The number of carbonyl (C=O) groups is 3. The third-order valence-electron chi connectivity index (χ3n) is 6.18. The molecule has 1 aliphatic heterocycles. The molecule has 2 N–H and O–H groups in total. The molecule has 2 aromatic carbocycles. The molecular weight excluding hydrogens is 392 g/mol. The first-order valence-electron chi connectivity index (χ1n) is 10.3. The van der Waals surface area contributed by atoms with Gasteiger partial charge in [-0.1, -0.05) is 42.5 Å². The number of rotatable bonds is 5. The van der Waals surface area contributed by atoms with E-state index >= 15 is 0 Å². The number of aromatic nitrogens is 1. The van der Waals surface area contributed by atoms with Gasteiger partial charge in [0.25, 0.3) is 5.91 Å². The maximum atomic E-state index is 13.1. The van der Waals surface area contributed by atoms with Crippen molar-refractivity contribution in [3.63, 3.8) is 0 Å². The molecule has 0 saturated carbocycles. The third kappa shape index (κ3) is 3.67. The number of fused-ring (bicyclic) bond motifs is 3. The van der Waals surface area contributed by atoms with E-state index in [9.17, 15) is 14.4 Å². The SMILES string of the molecule is Cc1ccccc1CNC(=O)CNC(=O)C1(C)Cn2c(cc3ccccc32)C(=O)N1C. The van der Waals surface area contributed by atoms with Gasteiger partial charge in [0.05, 0.1) is 13.1 Å². The topological polar surface area (TPSA) is 83.4 Å². The highest BCUT2D eigenvalue weighted by molar-refractivity contribution is 6.03. The van der Waals surface area contributed by atoms with Gasteiger partial charge >= 0.3 is 0 Å². The molecule has 0 radical (unpaired) electrons. The minimum Gasteiger partial charge on any atom is -0.350 e. The second kappa shape index (κ2) is 7.91. The van der Waals surface area contributed by atoms with E-state index in [1.807, 2.05) is 66.1 Å². The average Bonchev–Trinajstić information content (AvgIpc) is 3.13.